The van der Waals surface area contributed by atoms with Crippen molar-refractivity contribution in [3.63, 3.8) is 0 Å². The lowest BCUT2D eigenvalue weighted by Crippen LogP contribution is -2.50. The van der Waals surface area contributed by atoms with Crippen molar-refractivity contribution >= 4 is 16.2 Å². The lowest BCUT2D eigenvalue weighted by atomic mass is 10.1. The molecule has 1 aromatic carbocycles. The van der Waals surface area contributed by atoms with E-state index < -0.39 is 22.2 Å². The Morgan fingerprint density at radius 1 is 1.38 bits per heavy atom. The highest BCUT2D eigenvalue weighted by molar-refractivity contribution is 7.87. The minimum absolute atomic E-state index is 0.00104. The second kappa shape index (κ2) is 10.00. The van der Waals surface area contributed by atoms with Crippen molar-refractivity contribution in [3.05, 3.63) is 35.9 Å². The summed E-state index contributed by atoms with van der Waals surface area (Å²) in [6, 6.07) is 9.31. The Bertz CT molecular complexity index is 657. The predicted octanol–water partition coefficient (Wildman–Crippen LogP) is 0.379. The van der Waals surface area contributed by atoms with Crippen LogP contribution >= 0.6 is 0 Å². The third kappa shape index (κ3) is 6.64. The lowest BCUT2D eigenvalue weighted by molar-refractivity contribution is -0.138. The number of rotatable bonds is 11. The summed E-state index contributed by atoms with van der Waals surface area (Å²) in [4.78, 5) is 11.4. The monoisotopic (exact) mass is 355 g/mol. The molecule has 0 amide bonds. The summed E-state index contributed by atoms with van der Waals surface area (Å²) in [7, 11) is -2.63. The molecule has 0 bridgehead atoms. The van der Waals surface area contributed by atoms with Gasteiger partial charge in [-0.1, -0.05) is 30.3 Å². The molecule has 0 aliphatic rings. The number of nitrogens with zero attached hydrogens (tertiary/aromatic N) is 2. The van der Waals surface area contributed by atoms with E-state index in [1.54, 1.807) is 30.3 Å². The molecule has 0 heterocycles. The van der Waals surface area contributed by atoms with Crippen LogP contribution in [-0.2, 0) is 26.2 Å². The highest BCUT2D eigenvalue weighted by Crippen LogP contribution is 2.07. The Kier molecular flexibility index (Phi) is 8.35. The van der Waals surface area contributed by atoms with Crippen LogP contribution < -0.4 is 4.72 Å². The highest BCUT2D eigenvalue weighted by atomic mass is 32.2. The fourth-order valence-electron chi connectivity index (χ4n) is 2.00. The number of methoxy groups -OCH3 is 1. The molecule has 0 aliphatic carbocycles. The zero-order chi connectivity index (χ0) is 18.0. The van der Waals surface area contributed by atoms with Gasteiger partial charge in [0, 0.05) is 26.6 Å². The molecule has 0 spiro atoms. The van der Waals surface area contributed by atoms with Crippen molar-refractivity contribution in [2.75, 3.05) is 26.8 Å². The molecule has 9 heteroatoms. The van der Waals surface area contributed by atoms with E-state index in [1.807, 2.05) is 6.07 Å². The van der Waals surface area contributed by atoms with E-state index in [0.29, 0.717) is 5.56 Å². The Morgan fingerprint density at radius 2 is 2.04 bits per heavy atom. The van der Waals surface area contributed by atoms with Crippen molar-refractivity contribution in [1.29, 1.82) is 5.26 Å². The Morgan fingerprint density at radius 3 is 2.58 bits per heavy atom. The van der Waals surface area contributed by atoms with Crippen molar-refractivity contribution < 1.29 is 23.1 Å². The number of aliphatic carboxylic acids is 1. The van der Waals surface area contributed by atoms with Gasteiger partial charge in [0.25, 0.3) is 10.2 Å². The highest BCUT2D eigenvalue weighted by Gasteiger charge is 2.28. The predicted molar refractivity (Wildman–Crippen MR) is 87.3 cm³/mol. The molecule has 132 valence electrons. The second-order valence-corrected chi connectivity index (χ2v) is 6.71. The molecule has 2 N–H and O–H groups in total. The average Bonchev–Trinajstić information content (AvgIpc) is 2.54. The van der Waals surface area contributed by atoms with Crippen molar-refractivity contribution in [2.24, 2.45) is 0 Å². The van der Waals surface area contributed by atoms with Gasteiger partial charge in [-0.05, 0) is 12.0 Å². The van der Waals surface area contributed by atoms with E-state index in [-0.39, 0.29) is 32.5 Å². The molecule has 0 aliphatic heterocycles. The first-order valence-electron chi connectivity index (χ1n) is 7.30. The van der Waals surface area contributed by atoms with Gasteiger partial charge in [-0.25, -0.2) is 0 Å². The van der Waals surface area contributed by atoms with Gasteiger partial charge in [-0.3, -0.25) is 4.79 Å². The van der Waals surface area contributed by atoms with Crippen LogP contribution in [0.2, 0.25) is 0 Å². The number of carbonyl (C=O) groups is 1. The molecule has 1 rings (SSSR count). The number of ether oxygens (including phenoxy) is 1. The standard InChI is InChI=1S/C15H21N3O5S/c1-23-11-10-18(9-5-8-16)24(21,22)17-14(15(19)20)12-13-6-3-2-4-7-13/h2-4,6-7,14,17H,5,9-12H2,1H3,(H,19,20)/t14-/m1/s1. The number of hydrogen-bond acceptors (Lipinski definition) is 5. The van der Waals surface area contributed by atoms with Crippen LogP contribution in [0.15, 0.2) is 30.3 Å². The number of benzene rings is 1. The largest absolute Gasteiger partial charge is 0.480 e. The average molecular weight is 355 g/mol. The van der Waals surface area contributed by atoms with Crippen LogP contribution in [0.4, 0.5) is 0 Å². The summed E-state index contributed by atoms with van der Waals surface area (Å²) >= 11 is 0. The molecule has 24 heavy (non-hydrogen) atoms. The third-order valence-corrected chi connectivity index (χ3v) is 4.86. The molecule has 0 aromatic heterocycles. The molecular weight excluding hydrogens is 334 g/mol. The molecule has 8 nitrogen and oxygen atoms in total. The summed E-state index contributed by atoms with van der Waals surface area (Å²) in [6.07, 6.45) is 0.0207. The zero-order valence-electron chi connectivity index (χ0n) is 13.4. The van der Waals surface area contributed by atoms with Crippen LogP contribution in [0.5, 0.6) is 0 Å². The fraction of sp³-hybridized carbons (Fsp3) is 0.467. The van der Waals surface area contributed by atoms with Crippen molar-refractivity contribution in [2.45, 2.75) is 18.9 Å². The first-order valence-corrected chi connectivity index (χ1v) is 8.74. The normalized spacial score (nSPS) is 12.7. The molecule has 0 saturated heterocycles. The van der Waals surface area contributed by atoms with E-state index >= 15 is 0 Å². The topological polar surface area (TPSA) is 120 Å². The third-order valence-electron chi connectivity index (χ3n) is 3.23. The lowest BCUT2D eigenvalue weighted by Gasteiger charge is -2.23. The van der Waals surface area contributed by atoms with Crippen molar-refractivity contribution in [1.82, 2.24) is 9.03 Å². The van der Waals surface area contributed by atoms with Crippen LogP contribution in [0.25, 0.3) is 0 Å². The van der Waals surface area contributed by atoms with Gasteiger partial charge >= 0.3 is 5.97 Å². The molecule has 0 saturated carbocycles. The summed E-state index contributed by atoms with van der Waals surface area (Å²) in [5.41, 5.74) is 0.702. The Labute approximate surface area is 141 Å². The van der Waals surface area contributed by atoms with Gasteiger partial charge in [0.1, 0.15) is 6.04 Å². The maximum atomic E-state index is 12.4. The smallest absolute Gasteiger partial charge is 0.322 e. The summed E-state index contributed by atoms with van der Waals surface area (Å²) in [5.74, 6) is -1.27. The van der Waals surface area contributed by atoms with Crippen LogP contribution in [0, 0.1) is 11.3 Å². The number of carboxylic acid groups (broad SMARTS) is 1. The van der Waals surface area contributed by atoms with Gasteiger partial charge in [-0.15, -0.1) is 0 Å². The number of nitrogens with one attached hydrogen (secondary N) is 1. The molecule has 1 aromatic rings. The van der Waals surface area contributed by atoms with E-state index in [0.717, 1.165) is 4.31 Å². The van der Waals surface area contributed by atoms with Gasteiger partial charge in [-0.2, -0.15) is 22.7 Å². The second-order valence-electron chi connectivity index (χ2n) is 5.00. The summed E-state index contributed by atoms with van der Waals surface area (Å²) in [6.45, 7) is 0.140. The minimum Gasteiger partial charge on any atom is -0.480 e. The summed E-state index contributed by atoms with van der Waals surface area (Å²) < 4.78 is 32.9. The molecule has 0 unspecified atom stereocenters. The quantitative estimate of drug-likeness (QED) is 0.592. The molecule has 0 fully saturated rings. The maximum Gasteiger partial charge on any atom is 0.322 e. The van der Waals surface area contributed by atoms with E-state index in [1.165, 1.54) is 7.11 Å². The van der Waals surface area contributed by atoms with Gasteiger partial charge in [0.2, 0.25) is 0 Å². The SMILES string of the molecule is COCCN(CCC#N)S(=O)(=O)N[C@H](Cc1ccccc1)C(=O)O. The molecular formula is C15H21N3O5S. The van der Waals surface area contributed by atoms with Crippen LogP contribution in [0.1, 0.15) is 12.0 Å². The van der Waals surface area contributed by atoms with Crippen LogP contribution in [-0.4, -0.2) is 56.6 Å². The van der Waals surface area contributed by atoms with E-state index in [2.05, 4.69) is 4.72 Å². The maximum absolute atomic E-state index is 12.4. The van der Waals surface area contributed by atoms with E-state index in [9.17, 15) is 18.3 Å². The zero-order valence-corrected chi connectivity index (χ0v) is 14.2. The molecule has 0 radical (unpaired) electrons. The molecule has 1 atom stereocenters. The Balaban J connectivity index is 2.88. The van der Waals surface area contributed by atoms with Gasteiger partial charge < -0.3 is 9.84 Å². The van der Waals surface area contributed by atoms with Gasteiger partial charge in [0.05, 0.1) is 12.7 Å². The minimum atomic E-state index is -4.06. The summed E-state index contributed by atoms with van der Waals surface area (Å²) in [5, 5.41) is 18.0. The van der Waals surface area contributed by atoms with Gasteiger partial charge in [0.15, 0.2) is 0 Å². The Hall–Kier alpha value is -1.99. The first-order chi connectivity index (χ1) is 11.4. The van der Waals surface area contributed by atoms with Crippen LogP contribution in [0.3, 0.4) is 0 Å². The fourth-order valence-corrected chi connectivity index (χ4v) is 3.34. The number of nitriles is 1. The van der Waals surface area contributed by atoms with Crippen molar-refractivity contribution in [3.8, 4) is 6.07 Å². The number of hydrogen-bond donors (Lipinski definition) is 2. The number of carboxylic acids is 1. The van der Waals surface area contributed by atoms with E-state index in [4.69, 9.17) is 10.00 Å². The first kappa shape index (κ1) is 20.1.